The number of hydrogen-bond acceptors (Lipinski definition) is 3. The zero-order chi connectivity index (χ0) is 12.8. The van der Waals surface area contributed by atoms with Gasteiger partial charge in [0, 0.05) is 19.0 Å². The number of nitrogens with one attached hydrogen (secondary N) is 1. The van der Waals surface area contributed by atoms with E-state index in [0.29, 0.717) is 30.3 Å². The van der Waals surface area contributed by atoms with Crippen LogP contribution in [0.5, 0.6) is 5.75 Å². The molecule has 0 saturated carbocycles. The molecule has 1 rings (SSSR count). The number of halogens is 1. The van der Waals surface area contributed by atoms with Crippen molar-refractivity contribution in [2.24, 2.45) is 0 Å². The van der Waals surface area contributed by atoms with Crippen LogP contribution in [0.2, 0.25) is 0 Å². The number of rotatable bonds is 6. The Morgan fingerprint density at radius 2 is 2.12 bits per heavy atom. The summed E-state index contributed by atoms with van der Waals surface area (Å²) in [5.41, 5.74) is 0.686. The number of hydrogen-bond donors (Lipinski definition) is 2. The summed E-state index contributed by atoms with van der Waals surface area (Å²) in [7, 11) is 1.54. The van der Waals surface area contributed by atoms with Gasteiger partial charge >= 0.3 is 0 Å². The lowest BCUT2D eigenvalue weighted by Crippen LogP contribution is -2.33. The first-order valence-electron chi connectivity index (χ1n) is 5.76. The summed E-state index contributed by atoms with van der Waals surface area (Å²) in [4.78, 5) is 0. The van der Waals surface area contributed by atoms with Crippen LogP contribution >= 0.6 is 0 Å². The molecular formula is C13H20FNO2. The van der Waals surface area contributed by atoms with E-state index in [4.69, 9.17) is 4.74 Å². The standard InChI is InChI=1S/C13H20FNO2/c1-9(2)15-8-12(16)7-10-6-11(14)4-5-13(10)17-3/h4-6,9,12,15-16H,7-8H2,1-3H3. The molecule has 0 fully saturated rings. The van der Waals surface area contributed by atoms with Crippen LogP contribution < -0.4 is 10.1 Å². The second-order valence-electron chi connectivity index (χ2n) is 4.38. The van der Waals surface area contributed by atoms with E-state index in [-0.39, 0.29) is 5.82 Å². The number of ether oxygens (including phenoxy) is 1. The van der Waals surface area contributed by atoms with Crippen molar-refractivity contribution in [2.45, 2.75) is 32.4 Å². The Hall–Kier alpha value is -1.13. The van der Waals surface area contributed by atoms with Crippen molar-refractivity contribution in [1.29, 1.82) is 0 Å². The van der Waals surface area contributed by atoms with Gasteiger partial charge < -0.3 is 15.2 Å². The maximum Gasteiger partial charge on any atom is 0.123 e. The molecule has 96 valence electrons. The van der Waals surface area contributed by atoms with Gasteiger partial charge in [0.05, 0.1) is 13.2 Å². The third-order valence-electron chi connectivity index (χ3n) is 2.46. The van der Waals surface area contributed by atoms with Gasteiger partial charge in [0.1, 0.15) is 11.6 Å². The molecule has 3 nitrogen and oxygen atoms in total. The zero-order valence-corrected chi connectivity index (χ0v) is 10.5. The van der Waals surface area contributed by atoms with Crippen molar-refractivity contribution < 1.29 is 14.2 Å². The van der Waals surface area contributed by atoms with E-state index < -0.39 is 6.10 Å². The fourth-order valence-electron chi connectivity index (χ4n) is 1.60. The minimum absolute atomic E-state index is 0.315. The van der Waals surface area contributed by atoms with E-state index in [2.05, 4.69) is 5.32 Å². The van der Waals surface area contributed by atoms with Crippen LogP contribution in [0.1, 0.15) is 19.4 Å². The van der Waals surface area contributed by atoms with Crippen LogP contribution in [-0.2, 0) is 6.42 Å². The molecule has 1 unspecified atom stereocenters. The van der Waals surface area contributed by atoms with Crippen molar-refractivity contribution in [3.8, 4) is 5.75 Å². The first-order valence-corrected chi connectivity index (χ1v) is 5.76. The lowest BCUT2D eigenvalue weighted by molar-refractivity contribution is 0.167. The average molecular weight is 241 g/mol. The third kappa shape index (κ3) is 4.71. The molecule has 0 amide bonds. The fraction of sp³-hybridized carbons (Fsp3) is 0.538. The molecule has 1 atom stereocenters. The fourth-order valence-corrected chi connectivity index (χ4v) is 1.60. The van der Waals surface area contributed by atoms with E-state index in [1.807, 2.05) is 13.8 Å². The molecule has 4 heteroatoms. The number of methoxy groups -OCH3 is 1. The summed E-state index contributed by atoms with van der Waals surface area (Å²) in [5, 5.41) is 13.0. The van der Waals surface area contributed by atoms with Crippen LogP contribution in [0, 0.1) is 5.82 Å². The Morgan fingerprint density at radius 1 is 1.41 bits per heavy atom. The Labute approximate surface area is 102 Å². The van der Waals surface area contributed by atoms with Gasteiger partial charge in [-0.1, -0.05) is 13.8 Å². The topological polar surface area (TPSA) is 41.5 Å². The van der Waals surface area contributed by atoms with Crippen molar-refractivity contribution in [2.75, 3.05) is 13.7 Å². The SMILES string of the molecule is COc1ccc(F)cc1CC(O)CNC(C)C. The summed E-state index contributed by atoms with van der Waals surface area (Å²) in [6.45, 7) is 4.50. The predicted octanol–water partition coefficient (Wildman–Crippen LogP) is 1.74. The molecule has 0 aliphatic carbocycles. The van der Waals surface area contributed by atoms with Crippen molar-refractivity contribution >= 4 is 0 Å². The molecule has 0 bridgehead atoms. The summed E-state index contributed by atoms with van der Waals surface area (Å²) < 4.78 is 18.2. The predicted molar refractivity (Wildman–Crippen MR) is 65.8 cm³/mol. The van der Waals surface area contributed by atoms with Gasteiger partial charge in [-0.3, -0.25) is 0 Å². The van der Waals surface area contributed by atoms with Gasteiger partial charge in [0.2, 0.25) is 0 Å². The molecule has 1 aromatic carbocycles. The lowest BCUT2D eigenvalue weighted by atomic mass is 10.1. The molecule has 0 saturated heterocycles. The molecule has 0 aliphatic heterocycles. The Morgan fingerprint density at radius 3 is 2.71 bits per heavy atom. The van der Waals surface area contributed by atoms with Crippen LogP contribution in [0.4, 0.5) is 4.39 Å². The summed E-state index contributed by atoms with van der Waals surface area (Å²) in [6, 6.07) is 4.64. The van der Waals surface area contributed by atoms with Crippen LogP contribution in [0.3, 0.4) is 0 Å². The van der Waals surface area contributed by atoms with E-state index in [0.717, 1.165) is 0 Å². The van der Waals surface area contributed by atoms with Gasteiger partial charge in [-0.2, -0.15) is 0 Å². The monoisotopic (exact) mass is 241 g/mol. The summed E-state index contributed by atoms with van der Waals surface area (Å²) in [6.07, 6.45) is -0.172. The highest BCUT2D eigenvalue weighted by Gasteiger charge is 2.11. The van der Waals surface area contributed by atoms with Crippen molar-refractivity contribution in [3.05, 3.63) is 29.6 Å². The largest absolute Gasteiger partial charge is 0.496 e. The Kier molecular flexibility index (Phi) is 5.38. The summed E-state index contributed by atoms with van der Waals surface area (Å²) >= 11 is 0. The highest BCUT2D eigenvalue weighted by molar-refractivity contribution is 5.34. The highest BCUT2D eigenvalue weighted by atomic mass is 19.1. The molecule has 0 spiro atoms. The minimum atomic E-state index is -0.548. The van der Waals surface area contributed by atoms with Crippen LogP contribution in [0.15, 0.2) is 18.2 Å². The molecule has 0 radical (unpaired) electrons. The first-order chi connectivity index (χ1) is 8.02. The van der Waals surface area contributed by atoms with E-state index in [1.54, 1.807) is 6.07 Å². The smallest absolute Gasteiger partial charge is 0.123 e. The normalized spacial score (nSPS) is 12.8. The van der Waals surface area contributed by atoms with Gasteiger partial charge in [-0.05, 0) is 23.8 Å². The van der Waals surface area contributed by atoms with Gasteiger partial charge in [-0.15, -0.1) is 0 Å². The Balaban J connectivity index is 2.63. The van der Waals surface area contributed by atoms with Crippen LogP contribution in [0.25, 0.3) is 0 Å². The molecule has 17 heavy (non-hydrogen) atoms. The van der Waals surface area contributed by atoms with E-state index in [1.165, 1.54) is 19.2 Å². The highest BCUT2D eigenvalue weighted by Crippen LogP contribution is 2.20. The van der Waals surface area contributed by atoms with Gasteiger partial charge in [0.15, 0.2) is 0 Å². The van der Waals surface area contributed by atoms with Gasteiger partial charge in [-0.25, -0.2) is 4.39 Å². The Bertz CT molecular complexity index is 355. The maximum absolute atomic E-state index is 13.1. The number of aliphatic hydroxyl groups is 1. The second-order valence-corrected chi connectivity index (χ2v) is 4.38. The maximum atomic E-state index is 13.1. The minimum Gasteiger partial charge on any atom is -0.496 e. The summed E-state index contributed by atoms with van der Waals surface area (Å²) in [5.74, 6) is 0.291. The molecule has 2 N–H and O–H groups in total. The van der Waals surface area contributed by atoms with Gasteiger partial charge in [0.25, 0.3) is 0 Å². The quantitative estimate of drug-likeness (QED) is 0.797. The molecule has 0 heterocycles. The molecule has 0 aromatic heterocycles. The second kappa shape index (κ2) is 6.57. The van der Waals surface area contributed by atoms with Crippen molar-refractivity contribution in [1.82, 2.24) is 5.32 Å². The molecular weight excluding hydrogens is 221 g/mol. The number of benzene rings is 1. The zero-order valence-electron chi connectivity index (χ0n) is 10.5. The third-order valence-corrected chi connectivity index (χ3v) is 2.46. The van der Waals surface area contributed by atoms with Crippen molar-refractivity contribution in [3.63, 3.8) is 0 Å². The average Bonchev–Trinajstić information content (AvgIpc) is 2.27. The van der Waals surface area contributed by atoms with E-state index in [9.17, 15) is 9.50 Å². The molecule has 1 aromatic rings. The van der Waals surface area contributed by atoms with E-state index >= 15 is 0 Å². The lowest BCUT2D eigenvalue weighted by Gasteiger charge is -2.15. The first kappa shape index (κ1) is 13.9. The molecule has 0 aliphatic rings. The number of aliphatic hydroxyl groups excluding tert-OH is 1. The van der Waals surface area contributed by atoms with Crippen LogP contribution in [-0.4, -0.2) is 30.9 Å².